The highest BCUT2D eigenvalue weighted by Crippen LogP contribution is 1.97. The summed E-state index contributed by atoms with van der Waals surface area (Å²) in [6.45, 7) is 6.68. The van der Waals surface area contributed by atoms with Crippen LogP contribution >= 0.6 is 0 Å². The Balaban J connectivity index is 3.20. The third-order valence-corrected chi connectivity index (χ3v) is 1.58. The smallest absolute Gasteiger partial charge is 0.427 e. The van der Waals surface area contributed by atoms with Gasteiger partial charge in [0.25, 0.3) is 0 Å². The Labute approximate surface area is 74.6 Å². The summed E-state index contributed by atoms with van der Waals surface area (Å²) in [5.41, 5.74) is 0.695. The van der Waals surface area contributed by atoms with Gasteiger partial charge in [-0.3, -0.25) is 0 Å². The molecule has 3 N–H and O–H groups in total. The summed E-state index contributed by atoms with van der Waals surface area (Å²) in [6.07, 6.45) is 3.71. The first-order chi connectivity index (χ1) is 5.66. The Hall–Kier alpha value is -0.475. The Kier molecular flexibility index (Phi) is 6.90. The molecule has 0 radical (unpaired) electrons. The standard InChI is InChI=1S/C8H18BNO2/c1-3-4-5-6-10-8(2)7-9(11)12/h10-12H,2-7H2,1H3. The highest BCUT2D eigenvalue weighted by Gasteiger charge is 2.07. The second-order valence-corrected chi connectivity index (χ2v) is 2.92. The van der Waals surface area contributed by atoms with Crippen LogP contribution in [0.15, 0.2) is 12.3 Å². The lowest BCUT2D eigenvalue weighted by atomic mass is 9.85. The van der Waals surface area contributed by atoms with Crippen LogP contribution in [0.1, 0.15) is 26.2 Å². The largest absolute Gasteiger partial charge is 0.457 e. The molecular formula is C8H18BNO2. The van der Waals surface area contributed by atoms with E-state index in [1.165, 1.54) is 12.8 Å². The van der Waals surface area contributed by atoms with Gasteiger partial charge in [0, 0.05) is 18.6 Å². The molecule has 0 fully saturated rings. The van der Waals surface area contributed by atoms with E-state index in [1.807, 2.05) is 0 Å². The van der Waals surface area contributed by atoms with Gasteiger partial charge in [0.15, 0.2) is 0 Å². The van der Waals surface area contributed by atoms with Crippen LogP contribution < -0.4 is 5.32 Å². The minimum Gasteiger partial charge on any atom is -0.427 e. The van der Waals surface area contributed by atoms with E-state index in [9.17, 15) is 0 Å². The maximum atomic E-state index is 8.58. The van der Waals surface area contributed by atoms with Crippen molar-refractivity contribution in [3.8, 4) is 0 Å². The summed E-state index contributed by atoms with van der Waals surface area (Å²) < 4.78 is 0. The number of rotatable bonds is 7. The first-order valence-corrected chi connectivity index (χ1v) is 4.44. The van der Waals surface area contributed by atoms with E-state index in [2.05, 4.69) is 18.8 Å². The van der Waals surface area contributed by atoms with E-state index < -0.39 is 7.12 Å². The van der Waals surface area contributed by atoms with Crippen LogP contribution in [-0.4, -0.2) is 23.7 Å². The van der Waals surface area contributed by atoms with Crippen molar-refractivity contribution in [2.75, 3.05) is 6.54 Å². The van der Waals surface area contributed by atoms with Gasteiger partial charge in [-0.05, 0) is 6.42 Å². The van der Waals surface area contributed by atoms with Crippen molar-refractivity contribution in [2.45, 2.75) is 32.5 Å². The van der Waals surface area contributed by atoms with Crippen molar-refractivity contribution in [1.29, 1.82) is 0 Å². The van der Waals surface area contributed by atoms with E-state index in [4.69, 9.17) is 10.0 Å². The molecule has 0 aromatic carbocycles. The molecule has 0 saturated carbocycles. The van der Waals surface area contributed by atoms with Crippen LogP contribution in [0.3, 0.4) is 0 Å². The second-order valence-electron chi connectivity index (χ2n) is 2.92. The zero-order valence-corrected chi connectivity index (χ0v) is 7.71. The van der Waals surface area contributed by atoms with Crippen molar-refractivity contribution >= 4 is 7.12 Å². The summed E-state index contributed by atoms with van der Waals surface area (Å²) in [5.74, 6) is 0. The SMILES string of the molecule is C=C(CB(O)O)NCCCCC. The topological polar surface area (TPSA) is 52.5 Å². The molecule has 0 heterocycles. The summed E-state index contributed by atoms with van der Waals surface area (Å²) in [5, 5.41) is 20.2. The quantitative estimate of drug-likeness (QED) is 0.391. The van der Waals surface area contributed by atoms with Gasteiger partial charge in [-0.2, -0.15) is 0 Å². The second kappa shape index (κ2) is 7.19. The number of allylic oxidation sites excluding steroid dienone is 1. The molecule has 0 aromatic heterocycles. The molecule has 70 valence electrons. The predicted molar refractivity (Wildman–Crippen MR) is 51.7 cm³/mol. The zero-order valence-electron chi connectivity index (χ0n) is 7.71. The van der Waals surface area contributed by atoms with Crippen LogP contribution in [0.25, 0.3) is 0 Å². The van der Waals surface area contributed by atoms with E-state index in [0.29, 0.717) is 5.70 Å². The fourth-order valence-electron chi connectivity index (χ4n) is 0.933. The molecule has 0 spiro atoms. The molecule has 0 aliphatic carbocycles. The maximum Gasteiger partial charge on any atom is 0.457 e. The first-order valence-electron chi connectivity index (χ1n) is 4.44. The summed E-state index contributed by atoms with van der Waals surface area (Å²) in [7, 11) is -1.28. The third-order valence-electron chi connectivity index (χ3n) is 1.58. The van der Waals surface area contributed by atoms with Gasteiger partial charge in [0.1, 0.15) is 0 Å². The van der Waals surface area contributed by atoms with Crippen LogP contribution in [-0.2, 0) is 0 Å². The molecule has 0 amide bonds. The van der Waals surface area contributed by atoms with Gasteiger partial charge < -0.3 is 15.4 Å². The van der Waals surface area contributed by atoms with Crippen molar-refractivity contribution in [3.05, 3.63) is 12.3 Å². The normalized spacial score (nSPS) is 9.58. The first kappa shape index (κ1) is 11.5. The predicted octanol–water partition coefficient (Wildman–Crippen LogP) is 0.753. The van der Waals surface area contributed by atoms with Gasteiger partial charge in [-0.15, -0.1) is 0 Å². The molecule has 0 aliphatic rings. The zero-order chi connectivity index (χ0) is 9.40. The highest BCUT2D eigenvalue weighted by molar-refractivity contribution is 6.41. The Bertz CT molecular complexity index is 128. The summed E-state index contributed by atoms with van der Waals surface area (Å²) in [4.78, 5) is 0. The number of hydrogen-bond donors (Lipinski definition) is 3. The molecule has 12 heavy (non-hydrogen) atoms. The maximum absolute atomic E-state index is 8.58. The van der Waals surface area contributed by atoms with Crippen molar-refractivity contribution < 1.29 is 10.0 Å². The molecule has 4 heteroatoms. The lowest BCUT2D eigenvalue weighted by Gasteiger charge is -2.07. The van der Waals surface area contributed by atoms with E-state index >= 15 is 0 Å². The molecule has 0 atom stereocenters. The number of unbranched alkanes of at least 4 members (excludes halogenated alkanes) is 2. The molecule has 0 aliphatic heterocycles. The van der Waals surface area contributed by atoms with Crippen LogP contribution in [0.5, 0.6) is 0 Å². The lowest BCUT2D eigenvalue weighted by Crippen LogP contribution is -2.20. The minimum absolute atomic E-state index is 0.214. The van der Waals surface area contributed by atoms with Crippen LogP contribution in [0, 0.1) is 0 Å². The van der Waals surface area contributed by atoms with Crippen LogP contribution in [0.2, 0.25) is 6.32 Å². The summed E-state index contributed by atoms with van der Waals surface area (Å²) >= 11 is 0. The molecule has 0 rings (SSSR count). The van der Waals surface area contributed by atoms with Gasteiger partial charge in [0.05, 0.1) is 0 Å². The molecule has 0 unspecified atom stereocenters. The highest BCUT2D eigenvalue weighted by atomic mass is 16.4. The van der Waals surface area contributed by atoms with Gasteiger partial charge in [-0.1, -0.05) is 26.3 Å². The van der Waals surface area contributed by atoms with Crippen LogP contribution in [0.4, 0.5) is 0 Å². The summed E-state index contributed by atoms with van der Waals surface area (Å²) in [6, 6.07) is 0. The van der Waals surface area contributed by atoms with Gasteiger partial charge in [-0.25, -0.2) is 0 Å². The number of hydrogen-bond acceptors (Lipinski definition) is 3. The van der Waals surface area contributed by atoms with Gasteiger partial charge >= 0.3 is 7.12 Å². The van der Waals surface area contributed by atoms with E-state index in [0.717, 1.165) is 13.0 Å². The Morgan fingerprint density at radius 2 is 2.08 bits per heavy atom. The number of nitrogens with one attached hydrogen (secondary N) is 1. The minimum atomic E-state index is -1.28. The molecule has 0 aromatic rings. The fraction of sp³-hybridized carbons (Fsp3) is 0.750. The average molecular weight is 171 g/mol. The van der Waals surface area contributed by atoms with E-state index in [-0.39, 0.29) is 6.32 Å². The van der Waals surface area contributed by atoms with Crippen molar-refractivity contribution in [3.63, 3.8) is 0 Å². The molecule has 3 nitrogen and oxygen atoms in total. The Morgan fingerprint density at radius 1 is 1.42 bits per heavy atom. The molecular weight excluding hydrogens is 153 g/mol. The Morgan fingerprint density at radius 3 is 2.58 bits per heavy atom. The average Bonchev–Trinajstić information content (AvgIpc) is 1.97. The van der Waals surface area contributed by atoms with E-state index in [1.54, 1.807) is 0 Å². The monoisotopic (exact) mass is 171 g/mol. The van der Waals surface area contributed by atoms with Crippen molar-refractivity contribution in [1.82, 2.24) is 5.32 Å². The van der Waals surface area contributed by atoms with Crippen molar-refractivity contribution in [2.24, 2.45) is 0 Å². The third kappa shape index (κ3) is 7.63. The van der Waals surface area contributed by atoms with Gasteiger partial charge in [0.2, 0.25) is 0 Å². The lowest BCUT2D eigenvalue weighted by molar-refractivity contribution is 0.408. The molecule has 0 saturated heterocycles. The molecule has 0 bridgehead atoms. The fourth-order valence-corrected chi connectivity index (χ4v) is 0.933.